The minimum atomic E-state index is -0.394. The molecule has 168 valence electrons. The smallest absolute Gasteiger partial charge is 0.260 e. The number of thiazole rings is 1. The summed E-state index contributed by atoms with van der Waals surface area (Å²) in [4.78, 5) is 32.9. The number of nitrogens with zero attached hydrogens (tertiary/aromatic N) is 2. The molecule has 0 saturated heterocycles. The van der Waals surface area contributed by atoms with Gasteiger partial charge in [-0.25, -0.2) is 14.4 Å². The number of nitrogens with one attached hydrogen (secondary N) is 2. The van der Waals surface area contributed by atoms with Gasteiger partial charge in [0.15, 0.2) is 5.13 Å². The number of aryl methyl sites for hydroxylation is 1. The van der Waals surface area contributed by atoms with Crippen molar-refractivity contribution >= 4 is 28.3 Å². The Balaban J connectivity index is 1.25. The Labute approximate surface area is 192 Å². The number of ether oxygens (including phenoxy) is 1. The van der Waals surface area contributed by atoms with Gasteiger partial charge in [-0.15, -0.1) is 11.3 Å². The van der Waals surface area contributed by atoms with Crippen LogP contribution in [0.25, 0.3) is 0 Å². The molecule has 0 saturated carbocycles. The zero-order valence-electron chi connectivity index (χ0n) is 17.5. The van der Waals surface area contributed by atoms with Crippen molar-refractivity contribution in [3.8, 4) is 11.6 Å². The molecule has 2 N–H and O–H groups in total. The number of hydrogen-bond donors (Lipinski definition) is 2. The number of carbonyl (C=O) groups excluding carboxylic acids is 2. The third-order valence-corrected chi connectivity index (χ3v) is 5.33. The van der Waals surface area contributed by atoms with E-state index in [0.717, 1.165) is 5.56 Å². The van der Waals surface area contributed by atoms with Gasteiger partial charge in [0.2, 0.25) is 11.8 Å². The van der Waals surface area contributed by atoms with Crippen molar-refractivity contribution in [1.29, 1.82) is 0 Å². The van der Waals surface area contributed by atoms with Crippen molar-refractivity contribution in [2.75, 3.05) is 5.32 Å². The van der Waals surface area contributed by atoms with Crippen LogP contribution in [0.3, 0.4) is 0 Å². The highest BCUT2D eigenvalue weighted by atomic mass is 32.1. The average Bonchev–Trinajstić information content (AvgIpc) is 3.42. The zero-order valence-corrected chi connectivity index (χ0v) is 18.3. The molecular weight excluding hydrogens is 447 g/mol. The molecule has 0 fully saturated rings. The molecule has 3 aromatic heterocycles. The molecule has 0 aliphatic carbocycles. The van der Waals surface area contributed by atoms with Crippen LogP contribution in [0.2, 0.25) is 0 Å². The highest BCUT2D eigenvalue weighted by Gasteiger charge is 2.14. The molecule has 2 amide bonds. The molecule has 1 aromatic carbocycles. The van der Waals surface area contributed by atoms with E-state index in [4.69, 9.17) is 9.15 Å². The van der Waals surface area contributed by atoms with E-state index in [2.05, 4.69) is 20.6 Å². The molecule has 0 atom stereocenters. The molecule has 4 aromatic rings. The number of anilines is 1. The topological polar surface area (TPSA) is 106 Å². The summed E-state index contributed by atoms with van der Waals surface area (Å²) in [7, 11) is 0. The molecule has 0 radical (unpaired) electrons. The third kappa shape index (κ3) is 6.01. The van der Waals surface area contributed by atoms with E-state index in [-0.39, 0.29) is 24.8 Å². The van der Waals surface area contributed by atoms with E-state index in [1.807, 2.05) is 0 Å². The van der Waals surface area contributed by atoms with Crippen LogP contribution in [0.5, 0.6) is 11.6 Å². The summed E-state index contributed by atoms with van der Waals surface area (Å²) < 4.78 is 23.9. The maximum Gasteiger partial charge on any atom is 0.260 e. The van der Waals surface area contributed by atoms with Crippen LogP contribution in [0, 0.1) is 12.7 Å². The van der Waals surface area contributed by atoms with Gasteiger partial charge in [0, 0.05) is 30.3 Å². The van der Waals surface area contributed by atoms with Gasteiger partial charge < -0.3 is 14.5 Å². The molecule has 8 nitrogen and oxygen atoms in total. The zero-order chi connectivity index (χ0) is 23.2. The first-order valence-corrected chi connectivity index (χ1v) is 10.8. The lowest BCUT2D eigenvalue weighted by atomic mass is 10.2. The second-order valence-electron chi connectivity index (χ2n) is 7.01. The Morgan fingerprint density at radius 1 is 1.21 bits per heavy atom. The lowest BCUT2D eigenvalue weighted by molar-refractivity contribution is -0.120. The molecule has 33 heavy (non-hydrogen) atoms. The van der Waals surface area contributed by atoms with Gasteiger partial charge in [0.25, 0.3) is 5.91 Å². The van der Waals surface area contributed by atoms with Gasteiger partial charge in [0.1, 0.15) is 17.3 Å². The minimum absolute atomic E-state index is 0.0747. The van der Waals surface area contributed by atoms with E-state index in [0.29, 0.717) is 33.8 Å². The van der Waals surface area contributed by atoms with Crippen molar-refractivity contribution in [3.63, 3.8) is 0 Å². The van der Waals surface area contributed by atoms with E-state index >= 15 is 0 Å². The summed E-state index contributed by atoms with van der Waals surface area (Å²) in [6.07, 6.45) is 3.09. The van der Waals surface area contributed by atoms with Gasteiger partial charge in [0.05, 0.1) is 23.9 Å². The second-order valence-corrected chi connectivity index (χ2v) is 7.86. The van der Waals surface area contributed by atoms with E-state index in [9.17, 15) is 14.0 Å². The number of halogens is 1. The van der Waals surface area contributed by atoms with E-state index in [1.165, 1.54) is 29.7 Å². The fourth-order valence-electron chi connectivity index (χ4n) is 2.89. The number of pyridine rings is 1. The maximum atomic E-state index is 13.2. The van der Waals surface area contributed by atoms with Crippen LogP contribution >= 0.6 is 11.3 Å². The minimum Gasteiger partial charge on any atom is -0.469 e. The van der Waals surface area contributed by atoms with Crippen molar-refractivity contribution in [2.45, 2.75) is 19.9 Å². The van der Waals surface area contributed by atoms with E-state index in [1.54, 1.807) is 48.8 Å². The molecule has 0 bridgehead atoms. The van der Waals surface area contributed by atoms with Crippen LogP contribution in [0.15, 0.2) is 64.7 Å². The number of benzene rings is 1. The lowest BCUT2D eigenvalue weighted by Crippen LogP contribution is -2.24. The quantitative estimate of drug-likeness (QED) is 0.397. The molecule has 4 rings (SSSR count). The highest BCUT2D eigenvalue weighted by molar-refractivity contribution is 7.14. The van der Waals surface area contributed by atoms with Gasteiger partial charge in [-0.05, 0) is 30.7 Å². The van der Waals surface area contributed by atoms with Crippen molar-refractivity contribution in [2.24, 2.45) is 0 Å². The van der Waals surface area contributed by atoms with Gasteiger partial charge in [-0.2, -0.15) is 0 Å². The first-order valence-electron chi connectivity index (χ1n) is 9.91. The molecule has 3 heterocycles. The second kappa shape index (κ2) is 10.0. The highest BCUT2D eigenvalue weighted by Crippen LogP contribution is 2.20. The normalized spacial score (nSPS) is 10.6. The monoisotopic (exact) mass is 466 g/mol. The summed E-state index contributed by atoms with van der Waals surface area (Å²) in [5.74, 6) is 0.259. The molecule has 0 aliphatic heterocycles. The maximum absolute atomic E-state index is 13.2. The Bertz CT molecular complexity index is 1270. The Morgan fingerprint density at radius 2 is 2.09 bits per heavy atom. The average molecular weight is 466 g/mol. The summed E-state index contributed by atoms with van der Waals surface area (Å²) in [5.41, 5.74) is 1.76. The first kappa shape index (κ1) is 22.2. The molecule has 0 aliphatic rings. The number of furan rings is 1. The summed E-state index contributed by atoms with van der Waals surface area (Å²) >= 11 is 1.24. The van der Waals surface area contributed by atoms with Crippen LogP contribution in [0.4, 0.5) is 9.52 Å². The Hall–Kier alpha value is -4.05. The molecular formula is C23H19FN4O4S. The predicted molar refractivity (Wildman–Crippen MR) is 120 cm³/mol. The standard InChI is InChI=1S/C23H19FN4O4S/c1-14-19(7-8-31-14)22(30)28-23-27-17(13-33-23)10-20(29)25-11-15-5-6-21(26-12-15)32-18-4-2-3-16(24)9-18/h2-9,12-13H,10-11H2,1H3,(H,25,29)(H,27,28,30). The van der Waals surface area contributed by atoms with Crippen molar-refractivity contribution in [3.05, 3.63) is 88.7 Å². The third-order valence-electron chi connectivity index (χ3n) is 4.52. The SMILES string of the molecule is Cc1occc1C(=O)Nc1nc(CC(=O)NCc2ccc(Oc3cccc(F)c3)nc2)cs1. The Morgan fingerprint density at radius 3 is 2.82 bits per heavy atom. The fraction of sp³-hybridized carbons (Fsp3) is 0.130. The number of amides is 2. The molecule has 0 unspecified atom stereocenters. The predicted octanol–water partition coefficient (Wildman–Crippen LogP) is 4.48. The summed E-state index contributed by atoms with van der Waals surface area (Å²) in [6, 6.07) is 10.8. The van der Waals surface area contributed by atoms with E-state index < -0.39 is 5.82 Å². The lowest BCUT2D eigenvalue weighted by Gasteiger charge is -2.07. The number of aromatic nitrogens is 2. The molecule has 10 heteroatoms. The van der Waals surface area contributed by atoms with Gasteiger partial charge in [-0.3, -0.25) is 14.9 Å². The first-order chi connectivity index (χ1) is 16.0. The largest absolute Gasteiger partial charge is 0.469 e. The van der Waals surface area contributed by atoms with Crippen LogP contribution in [-0.4, -0.2) is 21.8 Å². The van der Waals surface area contributed by atoms with Crippen molar-refractivity contribution in [1.82, 2.24) is 15.3 Å². The van der Waals surface area contributed by atoms with Crippen LogP contribution in [0.1, 0.15) is 27.4 Å². The number of hydrogen-bond acceptors (Lipinski definition) is 7. The Kier molecular flexibility index (Phi) is 6.75. The fourth-order valence-corrected chi connectivity index (χ4v) is 3.59. The summed E-state index contributed by atoms with van der Waals surface area (Å²) in [6.45, 7) is 1.98. The van der Waals surface area contributed by atoms with Gasteiger partial charge >= 0.3 is 0 Å². The van der Waals surface area contributed by atoms with Gasteiger partial charge in [-0.1, -0.05) is 12.1 Å². The molecule has 0 spiro atoms. The number of carbonyl (C=O) groups is 2. The summed E-state index contributed by atoms with van der Waals surface area (Å²) in [5, 5.41) is 7.62. The van der Waals surface area contributed by atoms with Crippen molar-refractivity contribution < 1.29 is 23.1 Å². The number of rotatable bonds is 8. The van der Waals surface area contributed by atoms with Crippen LogP contribution in [-0.2, 0) is 17.8 Å². The van der Waals surface area contributed by atoms with Crippen LogP contribution < -0.4 is 15.4 Å².